The van der Waals surface area contributed by atoms with Crippen molar-refractivity contribution in [1.29, 1.82) is 0 Å². The molecule has 0 spiro atoms. The van der Waals surface area contributed by atoms with Gasteiger partial charge in [0.25, 0.3) is 0 Å². The van der Waals surface area contributed by atoms with E-state index < -0.39 is 0 Å². The summed E-state index contributed by atoms with van der Waals surface area (Å²) < 4.78 is 7.18. The maximum atomic E-state index is 6.01. The lowest BCUT2D eigenvalue weighted by atomic mass is 9.89. The van der Waals surface area contributed by atoms with Gasteiger partial charge in [0.1, 0.15) is 0 Å². The summed E-state index contributed by atoms with van der Waals surface area (Å²) in [5.41, 5.74) is 2.84. The van der Waals surface area contributed by atoms with Crippen LogP contribution in [0.3, 0.4) is 0 Å². The minimum absolute atomic E-state index is 0.257. The van der Waals surface area contributed by atoms with Gasteiger partial charge in [-0.25, -0.2) is 0 Å². The second-order valence-corrected chi connectivity index (χ2v) is 5.86. The number of hydrogen-bond acceptors (Lipinski definition) is 2. The van der Waals surface area contributed by atoms with Crippen LogP contribution in [0.1, 0.15) is 36.5 Å². The summed E-state index contributed by atoms with van der Waals surface area (Å²) in [6.45, 7) is 1.99. The number of hydrogen-bond donors (Lipinski definition) is 1. The third-order valence-corrected chi connectivity index (χ3v) is 4.29. The Kier molecular flexibility index (Phi) is 3.50. The Morgan fingerprint density at radius 3 is 3.06 bits per heavy atom. The Balaban J connectivity index is 1.88. The van der Waals surface area contributed by atoms with E-state index in [1.807, 2.05) is 0 Å². The van der Waals surface area contributed by atoms with Crippen LogP contribution in [0, 0.1) is 0 Å². The largest absolute Gasteiger partial charge is 0.372 e. The van der Waals surface area contributed by atoms with Gasteiger partial charge in [0.2, 0.25) is 0 Å². The van der Waals surface area contributed by atoms with E-state index in [0.29, 0.717) is 6.04 Å². The van der Waals surface area contributed by atoms with Gasteiger partial charge in [0.15, 0.2) is 0 Å². The van der Waals surface area contributed by atoms with E-state index >= 15 is 0 Å². The second kappa shape index (κ2) is 5.09. The zero-order valence-corrected chi connectivity index (χ0v) is 11.5. The average molecular weight is 296 g/mol. The highest BCUT2D eigenvalue weighted by molar-refractivity contribution is 9.10. The molecule has 2 aliphatic heterocycles. The Bertz CT molecular complexity index is 401. The summed E-state index contributed by atoms with van der Waals surface area (Å²) in [4.78, 5) is 0. The van der Waals surface area contributed by atoms with Gasteiger partial charge < -0.3 is 10.1 Å². The van der Waals surface area contributed by atoms with Crippen LogP contribution in [0.25, 0.3) is 0 Å². The number of benzene rings is 1. The van der Waals surface area contributed by atoms with Crippen LogP contribution in [-0.2, 0) is 11.2 Å². The van der Waals surface area contributed by atoms with Crippen LogP contribution in [0.4, 0.5) is 0 Å². The number of piperidine rings is 1. The average Bonchev–Trinajstić information content (AvgIpc) is 2.39. The van der Waals surface area contributed by atoms with Crippen molar-refractivity contribution >= 4 is 15.9 Å². The molecule has 1 aromatic rings. The molecule has 1 N–H and O–H groups in total. The van der Waals surface area contributed by atoms with E-state index in [-0.39, 0.29) is 6.10 Å². The predicted molar refractivity (Wildman–Crippen MR) is 72.2 cm³/mol. The topological polar surface area (TPSA) is 21.3 Å². The van der Waals surface area contributed by atoms with E-state index in [1.165, 1.54) is 34.9 Å². The molecule has 3 rings (SSSR count). The first-order chi connectivity index (χ1) is 8.34. The number of fused-ring (bicyclic) bond motifs is 1. The zero-order valence-electron chi connectivity index (χ0n) is 9.92. The molecular weight excluding hydrogens is 278 g/mol. The normalized spacial score (nSPS) is 28.8. The third-order valence-electron chi connectivity index (χ3n) is 3.79. The number of halogens is 1. The van der Waals surface area contributed by atoms with Crippen molar-refractivity contribution in [2.24, 2.45) is 0 Å². The van der Waals surface area contributed by atoms with Crippen LogP contribution in [-0.4, -0.2) is 19.2 Å². The van der Waals surface area contributed by atoms with Crippen LogP contribution in [0.15, 0.2) is 22.7 Å². The van der Waals surface area contributed by atoms with Crippen molar-refractivity contribution in [3.8, 4) is 0 Å². The second-order valence-electron chi connectivity index (χ2n) is 4.94. The van der Waals surface area contributed by atoms with Gasteiger partial charge in [-0.2, -0.15) is 0 Å². The number of rotatable bonds is 1. The molecule has 2 heterocycles. The summed E-state index contributed by atoms with van der Waals surface area (Å²) in [6.07, 6.45) is 5.16. The van der Waals surface area contributed by atoms with Crippen molar-refractivity contribution in [3.63, 3.8) is 0 Å². The molecule has 1 aromatic carbocycles. The van der Waals surface area contributed by atoms with Crippen molar-refractivity contribution in [1.82, 2.24) is 5.32 Å². The van der Waals surface area contributed by atoms with Crippen LogP contribution < -0.4 is 5.32 Å². The van der Waals surface area contributed by atoms with Gasteiger partial charge in [0.05, 0.1) is 12.7 Å². The van der Waals surface area contributed by atoms with Gasteiger partial charge in [-0.3, -0.25) is 0 Å². The fourth-order valence-corrected chi connectivity index (χ4v) is 3.33. The molecule has 17 heavy (non-hydrogen) atoms. The Labute approximate surface area is 111 Å². The molecule has 0 amide bonds. The van der Waals surface area contributed by atoms with E-state index in [4.69, 9.17) is 4.74 Å². The molecule has 0 saturated carbocycles. The lowest BCUT2D eigenvalue weighted by Crippen LogP contribution is -2.41. The fraction of sp³-hybridized carbons (Fsp3) is 0.571. The predicted octanol–water partition coefficient (Wildman–Crippen LogP) is 3.21. The lowest BCUT2D eigenvalue weighted by Gasteiger charge is -2.35. The molecule has 1 saturated heterocycles. The Morgan fingerprint density at radius 2 is 2.24 bits per heavy atom. The van der Waals surface area contributed by atoms with Gasteiger partial charge in [0, 0.05) is 10.5 Å². The SMILES string of the molecule is Brc1ccc2c(c1)CCO[C@H]2[C@@H]1CCCCN1. The fourth-order valence-electron chi connectivity index (χ4n) is 2.92. The lowest BCUT2D eigenvalue weighted by molar-refractivity contribution is 0.00893. The summed E-state index contributed by atoms with van der Waals surface area (Å²) in [6, 6.07) is 7.10. The Hall–Kier alpha value is -0.380. The number of nitrogens with one attached hydrogen (secondary N) is 1. The van der Waals surface area contributed by atoms with E-state index in [9.17, 15) is 0 Å². The molecule has 1 fully saturated rings. The van der Waals surface area contributed by atoms with Crippen LogP contribution in [0.2, 0.25) is 0 Å². The standard InChI is InChI=1S/C14H18BrNO/c15-11-4-5-12-10(9-11)6-8-17-14(12)13-3-1-2-7-16-13/h4-5,9,13-14,16H,1-3,6-8H2/t13-,14+/m0/s1. The van der Waals surface area contributed by atoms with Crippen molar-refractivity contribution in [2.75, 3.05) is 13.2 Å². The van der Waals surface area contributed by atoms with Gasteiger partial charge in [-0.05, 0) is 49.1 Å². The number of ether oxygens (including phenoxy) is 1. The molecule has 0 aliphatic carbocycles. The third kappa shape index (κ3) is 2.42. The monoisotopic (exact) mass is 295 g/mol. The van der Waals surface area contributed by atoms with Gasteiger partial charge in [-0.15, -0.1) is 0 Å². The van der Waals surface area contributed by atoms with Crippen molar-refractivity contribution in [2.45, 2.75) is 37.8 Å². The molecule has 3 heteroatoms. The summed E-state index contributed by atoms with van der Waals surface area (Å²) in [5, 5.41) is 3.61. The smallest absolute Gasteiger partial charge is 0.0980 e. The minimum atomic E-state index is 0.257. The van der Waals surface area contributed by atoms with Crippen LogP contribution >= 0.6 is 15.9 Å². The van der Waals surface area contributed by atoms with Crippen molar-refractivity contribution < 1.29 is 4.74 Å². The summed E-state index contributed by atoms with van der Waals surface area (Å²) in [7, 11) is 0. The van der Waals surface area contributed by atoms with Gasteiger partial charge in [-0.1, -0.05) is 28.4 Å². The zero-order chi connectivity index (χ0) is 11.7. The molecule has 0 bridgehead atoms. The summed E-state index contributed by atoms with van der Waals surface area (Å²) >= 11 is 3.55. The first-order valence-electron chi connectivity index (χ1n) is 6.48. The molecule has 2 nitrogen and oxygen atoms in total. The molecule has 0 aromatic heterocycles. The molecule has 2 aliphatic rings. The minimum Gasteiger partial charge on any atom is -0.372 e. The highest BCUT2D eigenvalue weighted by Gasteiger charge is 2.29. The Morgan fingerprint density at radius 1 is 1.29 bits per heavy atom. The van der Waals surface area contributed by atoms with E-state index in [0.717, 1.165) is 19.6 Å². The van der Waals surface area contributed by atoms with Gasteiger partial charge >= 0.3 is 0 Å². The first-order valence-corrected chi connectivity index (χ1v) is 7.27. The molecule has 92 valence electrons. The van der Waals surface area contributed by atoms with Crippen LogP contribution in [0.5, 0.6) is 0 Å². The molecule has 0 unspecified atom stereocenters. The van der Waals surface area contributed by atoms with Crippen molar-refractivity contribution in [3.05, 3.63) is 33.8 Å². The first kappa shape index (κ1) is 11.7. The maximum absolute atomic E-state index is 6.01. The quantitative estimate of drug-likeness (QED) is 0.859. The highest BCUT2D eigenvalue weighted by Crippen LogP contribution is 2.33. The highest BCUT2D eigenvalue weighted by atomic mass is 79.9. The maximum Gasteiger partial charge on any atom is 0.0980 e. The molecule has 2 atom stereocenters. The molecule has 0 radical (unpaired) electrons. The van der Waals surface area contributed by atoms with E-state index in [1.54, 1.807) is 0 Å². The van der Waals surface area contributed by atoms with E-state index in [2.05, 4.69) is 39.4 Å². The summed E-state index contributed by atoms with van der Waals surface area (Å²) in [5.74, 6) is 0. The molecular formula is C14H18BrNO.